The van der Waals surface area contributed by atoms with Crippen molar-refractivity contribution in [2.75, 3.05) is 26.2 Å². The molecule has 3 rings (SSSR count). The lowest BCUT2D eigenvalue weighted by Crippen LogP contribution is -2.44. The molecule has 2 heterocycles. The van der Waals surface area contributed by atoms with Crippen LogP contribution in [0.3, 0.4) is 0 Å². The molecular weight excluding hydrogens is 312 g/mol. The van der Waals surface area contributed by atoms with Crippen LogP contribution in [0.25, 0.3) is 0 Å². The van der Waals surface area contributed by atoms with Gasteiger partial charge in [-0.25, -0.2) is 0 Å². The van der Waals surface area contributed by atoms with Gasteiger partial charge in [-0.15, -0.1) is 0 Å². The fourth-order valence-corrected chi connectivity index (χ4v) is 4.16. The van der Waals surface area contributed by atoms with Gasteiger partial charge in [-0.1, -0.05) is 30.0 Å². The number of hydrogen-bond donors (Lipinski definition) is 0. The maximum atomic E-state index is 12.8. The molecule has 0 radical (unpaired) electrons. The number of piperidine rings is 1. The van der Waals surface area contributed by atoms with Crippen LogP contribution in [0.4, 0.5) is 0 Å². The molecule has 136 valence electrons. The van der Waals surface area contributed by atoms with Crippen LogP contribution in [0.5, 0.6) is 0 Å². The van der Waals surface area contributed by atoms with Crippen molar-refractivity contribution in [2.24, 2.45) is 5.92 Å². The molecular formula is C21H30N2O2. The largest absolute Gasteiger partial charge is 0.342 e. The number of carbonyl (C=O) groups is 2. The highest BCUT2D eigenvalue weighted by atomic mass is 16.2. The lowest BCUT2D eigenvalue weighted by molar-refractivity contribution is -0.136. The second kappa shape index (κ2) is 8.03. The number of aryl methyl sites for hydroxylation is 2. The number of likely N-dealkylation sites (tertiary alicyclic amines) is 2. The standard InChI is InChI=1S/C21H30N2O2/c1-16-13-17(2)15-19(14-16)21(25)23-11-7-18(8-12-23)20(24)22-9-5-3-4-6-10-22/h13-15,18H,3-12H2,1-2H3. The summed E-state index contributed by atoms with van der Waals surface area (Å²) in [7, 11) is 0. The predicted molar refractivity (Wildman–Crippen MR) is 99.6 cm³/mol. The van der Waals surface area contributed by atoms with E-state index < -0.39 is 0 Å². The molecule has 0 unspecified atom stereocenters. The third kappa shape index (κ3) is 4.42. The van der Waals surface area contributed by atoms with Crippen molar-refractivity contribution in [2.45, 2.75) is 52.4 Å². The molecule has 2 amide bonds. The minimum atomic E-state index is 0.0985. The first kappa shape index (κ1) is 18.0. The van der Waals surface area contributed by atoms with E-state index in [2.05, 4.69) is 11.0 Å². The van der Waals surface area contributed by atoms with Gasteiger partial charge in [0.1, 0.15) is 0 Å². The number of carbonyl (C=O) groups excluding carboxylic acids is 2. The normalized spacial score (nSPS) is 19.6. The van der Waals surface area contributed by atoms with Gasteiger partial charge in [0.2, 0.25) is 5.91 Å². The fraction of sp³-hybridized carbons (Fsp3) is 0.619. The van der Waals surface area contributed by atoms with E-state index in [9.17, 15) is 9.59 Å². The predicted octanol–water partition coefficient (Wildman–Crippen LogP) is 3.56. The van der Waals surface area contributed by atoms with Crippen molar-refractivity contribution in [1.29, 1.82) is 0 Å². The molecule has 2 aliphatic rings. The van der Waals surface area contributed by atoms with E-state index in [1.165, 1.54) is 12.8 Å². The number of amides is 2. The summed E-state index contributed by atoms with van der Waals surface area (Å²) >= 11 is 0. The van der Waals surface area contributed by atoms with Crippen LogP contribution in [0.2, 0.25) is 0 Å². The van der Waals surface area contributed by atoms with Gasteiger partial charge in [0, 0.05) is 37.7 Å². The van der Waals surface area contributed by atoms with Gasteiger partial charge >= 0.3 is 0 Å². The van der Waals surface area contributed by atoms with Crippen LogP contribution in [0.1, 0.15) is 60.0 Å². The van der Waals surface area contributed by atoms with Crippen molar-refractivity contribution >= 4 is 11.8 Å². The molecule has 1 aromatic rings. The summed E-state index contributed by atoms with van der Waals surface area (Å²) in [6.07, 6.45) is 6.35. The Morgan fingerprint density at radius 2 is 1.36 bits per heavy atom. The number of benzene rings is 1. The molecule has 0 spiro atoms. The first-order valence-corrected chi connectivity index (χ1v) is 9.71. The van der Waals surface area contributed by atoms with Gasteiger partial charge in [0.25, 0.3) is 5.91 Å². The molecule has 0 N–H and O–H groups in total. The van der Waals surface area contributed by atoms with Crippen molar-refractivity contribution < 1.29 is 9.59 Å². The smallest absolute Gasteiger partial charge is 0.253 e. The molecule has 0 bridgehead atoms. The molecule has 0 aliphatic carbocycles. The number of nitrogens with zero attached hydrogens (tertiary/aromatic N) is 2. The van der Waals surface area contributed by atoms with E-state index in [0.29, 0.717) is 19.0 Å². The van der Waals surface area contributed by atoms with Gasteiger partial charge in [-0.2, -0.15) is 0 Å². The third-order valence-electron chi connectivity index (χ3n) is 5.52. The van der Waals surface area contributed by atoms with Gasteiger partial charge in [0.05, 0.1) is 0 Å². The third-order valence-corrected chi connectivity index (χ3v) is 5.52. The van der Waals surface area contributed by atoms with E-state index in [1.807, 2.05) is 30.9 Å². The minimum Gasteiger partial charge on any atom is -0.342 e. The van der Waals surface area contributed by atoms with Crippen LogP contribution >= 0.6 is 0 Å². The van der Waals surface area contributed by atoms with Crippen LogP contribution in [-0.2, 0) is 4.79 Å². The highest BCUT2D eigenvalue weighted by Gasteiger charge is 2.30. The maximum Gasteiger partial charge on any atom is 0.253 e. The topological polar surface area (TPSA) is 40.6 Å². The SMILES string of the molecule is Cc1cc(C)cc(C(=O)N2CCC(C(=O)N3CCCCCC3)CC2)c1. The summed E-state index contributed by atoms with van der Waals surface area (Å²) in [5.74, 6) is 0.522. The van der Waals surface area contributed by atoms with Crippen LogP contribution < -0.4 is 0 Å². The van der Waals surface area contributed by atoms with E-state index in [1.54, 1.807) is 0 Å². The van der Waals surface area contributed by atoms with E-state index in [0.717, 1.165) is 55.5 Å². The van der Waals surface area contributed by atoms with E-state index >= 15 is 0 Å². The van der Waals surface area contributed by atoms with Gasteiger partial charge in [-0.05, 0) is 51.7 Å². The van der Waals surface area contributed by atoms with Gasteiger partial charge in [-0.3, -0.25) is 9.59 Å². The van der Waals surface area contributed by atoms with Crippen molar-refractivity contribution in [3.8, 4) is 0 Å². The Bertz CT molecular complexity index is 605. The van der Waals surface area contributed by atoms with Crippen molar-refractivity contribution in [1.82, 2.24) is 9.80 Å². The minimum absolute atomic E-state index is 0.0985. The molecule has 2 saturated heterocycles. The molecule has 4 nitrogen and oxygen atoms in total. The summed E-state index contributed by atoms with van der Waals surface area (Å²) in [5, 5.41) is 0. The zero-order valence-electron chi connectivity index (χ0n) is 15.6. The van der Waals surface area contributed by atoms with Crippen LogP contribution in [-0.4, -0.2) is 47.8 Å². The Morgan fingerprint density at radius 3 is 1.92 bits per heavy atom. The molecule has 25 heavy (non-hydrogen) atoms. The highest BCUT2D eigenvalue weighted by Crippen LogP contribution is 2.23. The van der Waals surface area contributed by atoms with Gasteiger partial charge in [0.15, 0.2) is 0 Å². The van der Waals surface area contributed by atoms with Crippen molar-refractivity contribution in [3.63, 3.8) is 0 Å². The monoisotopic (exact) mass is 342 g/mol. The lowest BCUT2D eigenvalue weighted by atomic mass is 9.94. The summed E-state index contributed by atoms with van der Waals surface area (Å²) in [6, 6.07) is 6.01. The quantitative estimate of drug-likeness (QED) is 0.824. The molecule has 2 aliphatic heterocycles. The Balaban J connectivity index is 1.57. The summed E-state index contributed by atoms with van der Waals surface area (Å²) in [5.41, 5.74) is 3.01. The van der Waals surface area contributed by atoms with Crippen molar-refractivity contribution in [3.05, 3.63) is 34.9 Å². The first-order valence-electron chi connectivity index (χ1n) is 9.71. The molecule has 2 fully saturated rings. The van der Waals surface area contributed by atoms with E-state index in [-0.39, 0.29) is 11.8 Å². The number of hydrogen-bond acceptors (Lipinski definition) is 2. The fourth-order valence-electron chi connectivity index (χ4n) is 4.16. The number of rotatable bonds is 2. The lowest BCUT2D eigenvalue weighted by Gasteiger charge is -2.34. The van der Waals surface area contributed by atoms with Crippen LogP contribution in [0.15, 0.2) is 18.2 Å². The zero-order chi connectivity index (χ0) is 17.8. The maximum absolute atomic E-state index is 12.8. The summed E-state index contributed by atoms with van der Waals surface area (Å²) in [4.78, 5) is 29.5. The second-order valence-electron chi connectivity index (χ2n) is 7.68. The second-order valence-corrected chi connectivity index (χ2v) is 7.68. The molecule has 0 saturated carbocycles. The Labute approximate surface area is 151 Å². The zero-order valence-corrected chi connectivity index (χ0v) is 15.6. The molecule has 0 atom stereocenters. The summed E-state index contributed by atoms with van der Waals surface area (Å²) in [6.45, 7) is 7.26. The molecule has 1 aromatic carbocycles. The average molecular weight is 342 g/mol. The Kier molecular flexibility index (Phi) is 5.77. The Morgan fingerprint density at radius 1 is 0.800 bits per heavy atom. The average Bonchev–Trinajstić information content (AvgIpc) is 2.89. The van der Waals surface area contributed by atoms with Gasteiger partial charge < -0.3 is 9.80 Å². The summed E-state index contributed by atoms with van der Waals surface area (Å²) < 4.78 is 0. The highest BCUT2D eigenvalue weighted by molar-refractivity contribution is 5.94. The first-order chi connectivity index (χ1) is 12.0. The molecule has 4 heteroatoms. The Hall–Kier alpha value is -1.84. The van der Waals surface area contributed by atoms with Crippen LogP contribution in [0, 0.1) is 19.8 Å². The molecule has 0 aromatic heterocycles. The van der Waals surface area contributed by atoms with E-state index in [4.69, 9.17) is 0 Å².